The molecule has 11 heteroatoms. The summed E-state index contributed by atoms with van der Waals surface area (Å²) in [4.78, 5) is 49.6. The molecule has 0 aliphatic carbocycles. The average molecular weight is 687 g/mol. The maximum atomic E-state index is 13.2. The standard InChI is InChI=1S/C20H21FN4O.C20H22N4O/c1-14(2)25-19(26)24(13-20(25,3)4)18-22-11-16(12-23-18)9-8-15-6-5-7-17(21)10-15;1-15(2)24-19(25)23(14-20(24,3)4)18-21-12-17(13-22-18)11-10-16-8-6-5-7-9-16/h5-7,10-12,14H,13H2,1-4H3;5-9,12-13,15H,14H2,1-4H3. The van der Waals surface area contributed by atoms with E-state index in [1.54, 1.807) is 46.7 Å². The Labute approximate surface area is 299 Å². The maximum Gasteiger partial charge on any atom is 0.327 e. The van der Waals surface area contributed by atoms with Crippen LogP contribution < -0.4 is 9.80 Å². The van der Waals surface area contributed by atoms with Gasteiger partial charge in [-0.25, -0.2) is 33.9 Å². The summed E-state index contributed by atoms with van der Waals surface area (Å²) in [6, 6.07) is 15.9. The van der Waals surface area contributed by atoms with Gasteiger partial charge in [-0.1, -0.05) is 47.9 Å². The lowest BCUT2D eigenvalue weighted by atomic mass is 10.0. The van der Waals surface area contributed by atoms with Crippen LogP contribution in [0, 0.1) is 29.5 Å². The normalized spacial score (nSPS) is 16.1. The highest BCUT2D eigenvalue weighted by molar-refractivity contribution is 5.94. The highest BCUT2D eigenvalue weighted by Crippen LogP contribution is 2.31. The Morgan fingerprint density at radius 1 is 0.588 bits per heavy atom. The second-order valence-corrected chi connectivity index (χ2v) is 14.2. The zero-order valence-corrected chi connectivity index (χ0v) is 30.3. The molecular weight excluding hydrogens is 643 g/mol. The molecule has 51 heavy (non-hydrogen) atoms. The fraction of sp³-hybridized carbons (Fsp3) is 0.350. The van der Waals surface area contributed by atoms with Crippen LogP contribution in [0.4, 0.5) is 25.9 Å². The second-order valence-electron chi connectivity index (χ2n) is 14.2. The summed E-state index contributed by atoms with van der Waals surface area (Å²) in [5.74, 6) is 12.4. The smallest absolute Gasteiger partial charge is 0.315 e. The van der Waals surface area contributed by atoms with E-state index in [-0.39, 0.29) is 41.0 Å². The average Bonchev–Trinajstić information content (AvgIpc) is 3.49. The SMILES string of the molecule is CC(C)N1C(=O)N(c2ncc(C#Cc3cccc(F)c3)cn2)CC1(C)C.CC(C)N1C(=O)N(c2ncc(C#Cc3ccccc3)cn2)CC1(C)C. The minimum absolute atomic E-state index is 0.0527. The molecule has 4 heterocycles. The Hall–Kier alpha value is -5.81. The first-order chi connectivity index (χ1) is 24.2. The summed E-state index contributed by atoms with van der Waals surface area (Å²) in [5.41, 5.74) is 2.31. The molecule has 6 rings (SSSR count). The van der Waals surface area contributed by atoms with E-state index >= 15 is 0 Å². The number of amides is 4. The fourth-order valence-corrected chi connectivity index (χ4v) is 6.42. The maximum absolute atomic E-state index is 13.2. The van der Waals surface area contributed by atoms with Gasteiger partial charge in [-0.15, -0.1) is 0 Å². The Bertz CT molecular complexity index is 1990. The molecule has 0 saturated carbocycles. The van der Waals surface area contributed by atoms with Gasteiger partial charge < -0.3 is 9.80 Å². The number of hydrogen-bond donors (Lipinski definition) is 0. The van der Waals surface area contributed by atoms with Crippen molar-refractivity contribution in [2.45, 2.75) is 78.6 Å². The molecule has 2 aliphatic rings. The van der Waals surface area contributed by atoms with Crippen LogP contribution in [0.2, 0.25) is 0 Å². The molecule has 0 atom stereocenters. The molecule has 2 aromatic carbocycles. The minimum Gasteiger partial charge on any atom is -0.315 e. The first kappa shape index (κ1) is 36.5. The largest absolute Gasteiger partial charge is 0.327 e. The molecular formula is C40H43FN8O2. The first-order valence-corrected chi connectivity index (χ1v) is 16.9. The van der Waals surface area contributed by atoms with Crippen LogP contribution in [-0.2, 0) is 0 Å². The van der Waals surface area contributed by atoms with Gasteiger partial charge in [0, 0.05) is 48.0 Å². The Morgan fingerprint density at radius 3 is 1.37 bits per heavy atom. The number of aromatic nitrogens is 4. The van der Waals surface area contributed by atoms with Crippen LogP contribution in [0.5, 0.6) is 0 Å². The predicted octanol–water partition coefficient (Wildman–Crippen LogP) is 6.75. The third-order valence-corrected chi connectivity index (χ3v) is 8.36. The second kappa shape index (κ2) is 15.0. The molecule has 4 amide bonds. The third kappa shape index (κ3) is 8.50. The van der Waals surface area contributed by atoms with Crippen molar-refractivity contribution in [1.82, 2.24) is 29.7 Å². The highest BCUT2D eigenvalue weighted by atomic mass is 19.1. The lowest BCUT2D eigenvalue weighted by Crippen LogP contribution is -2.46. The van der Waals surface area contributed by atoms with E-state index in [4.69, 9.17) is 0 Å². The molecule has 2 aliphatic heterocycles. The Kier molecular flexibility index (Phi) is 10.7. The Balaban J connectivity index is 0.000000198. The predicted molar refractivity (Wildman–Crippen MR) is 196 cm³/mol. The molecule has 2 saturated heterocycles. The molecule has 0 bridgehead atoms. The summed E-state index contributed by atoms with van der Waals surface area (Å²) < 4.78 is 13.2. The molecule has 0 N–H and O–H groups in total. The molecule has 2 aromatic heterocycles. The van der Waals surface area contributed by atoms with Crippen molar-refractivity contribution in [3.8, 4) is 23.7 Å². The topological polar surface area (TPSA) is 98.7 Å². The molecule has 0 radical (unpaired) electrons. The third-order valence-electron chi connectivity index (χ3n) is 8.36. The van der Waals surface area contributed by atoms with Gasteiger partial charge in [0.15, 0.2) is 0 Å². The number of carbonyl (C=O) groups is 2. The van der Waals surface area contributed by atoms with E-state index in [0.29, 0.717) is 36.1 Å². The van der Waals surface area contributed by atoms with Crippen LogP contribution in [0.25, 0.3) is 0 Å². The van der Waals surface area contributed by atoms with Crippen molar-refractivity contribution < 1.29 is 14.0 Å². The molecule has 0 unspecified atom stereocenters. The monoisotopic (exact) mass is 686 g/mol. The van der Waals surface area contributed by atoms with Crippen molar-refractivity contribution in [3.63, 3.8) is 0 Å². The van der Waals surface area contributed by atoms with Crippen molar-refractivity contribution in [1.29, 1.82) is 0 Å². The van der Waals surface area contributed by atoms with Crippen molar-refractivity contribution in [3.05, 3.63) is 107 Å². The number of anilines is 2. The Morgan fingerprint density at radius 2 is 0.980 bits per heavy atom. The lowest BCUT2D eigenvalue weighted by Gasteiger charge is -2.32. The van der Waals surface area contributed by atoms with E-state index < -0.39 is 0 Å². The minimum atomic E-state index is -0.326. The van der Waals surface area contributed by atoms with Gasteiger partial charge in [0.05, 0.1) is 35.3 Å². The quantitative estimate of drug-likeness (QED) is 0.221. The number of carbonyl (C=O) groups excluding carboxylic acids is 2. The number of rotatable bonds is 4. The summed E-state index contributed by atoms with van der Waals surface area (Å²) in [7, 11) is 0. The summed E-state index contributed by atoms with van der Waals surface area (Å²) in [6.07, 6.45) is 6.48. The van der Waals surface area contributed by atoms with Crippen molar-refractivity contribution in [2.24, 2.45) is 0 Å². The zero-order valence-electron chi connectivity index (χ0n) is 30.3. The highest BCUT2D eigenvalue weighted by Gasteiger charge is 2.47. The summed E-state index contributed by atoms with van der Waals surface area (Å²) in [5, 5.41) is 0. The van der Waals surface area contributed by atoms with Gasteiger partial charge >= 0.3 is 12.1 Å². The van der Waals surface area contributed by atoms with Gasteiger partial charge in [0.25, 0.3) is 0 Å². The van der Waals surface area contributed by atoms with Gasteiger partial charge in [-0.05, 0) is 85.7 Å². The van der Waals surface area contributed by atoms with Gasteiger partial charge in [0.2, 0.25) is 11.9 Å². The van der Waals surface area contributed by atoms with Gasteiger partial charge in [-0.3, -0.25) is 9.80 Å². The van der Waals surface area contributed by atoms with E-state index in [2.05, 4.69) is 57.5 Å². The number of benzene rings is 2. The van der Waals surface area contributed by atoms with Crippen molar-refractivity contribution in [2.75, 3.05) is 22.9 Å². The molecule has 2 fully saturated rings. The van der Waals surface area contributed by atoms with E-state index in [0.717, 1.165) is 11.1 Å². The molecule has 0 spiro atoms. The van der Waals surface area contributed by atoms with Crippen LogP contribution in [0.15, 0.2) is 79.4 Å². The fourth-order valence-electron chi connectivity index (χ4n) is 6.42. The van der Waals surface area contributed by atoms with Crippen LogP contribution in [-0.4, -0.2) is 78.0 Å². The van der Waals surface area contributed by atoms with Crippen LogP contribution in [0.3, 0.4) is 0 Å². The number of hydrogen-bond acceptors (Lipinski definition) is 6. The molecule has 10 nitrogen and oxygen atoms in total. The van der Waals surface area contributed by atoms with E-state index in [1.165, 1.54) is 12.1 Å². The number of nitrogens with zero attached hydrogens (tertiary/aromatic N) is 8. The lowest BCUT2D eigenvalue weighted by molar-refractivity contribution is 0.152. The van der Waals surface area contributed by atoms with Crippen LogP contribution in [0.1, 0.15) is 77.6 Å². The molecule has 4 aromatic rings. The summed E-state index contributed by atoms with van der Waals surface area (Å²) in [6.45, 7) is 17.3. The number of urea groups is 2. The first-order valence-electron chi connectivity index (χ1n) is 16.9. The van der Waals surface area contributed by atoms with Crippen LogP contribution >= 0.6 is 0 Å². The van der Waals surface area contributed by atoms with E-state index in [9.17, 15) is 14.0 Å². The number of halogens is 1. The van der Waals surface area contributed by atoms with Crippen molar-refractivity contribution >= 4 is 24.0 Å². The summed E-state index contributed by atoms with van der Waals surface area (Å²) >= 11 is 0. The van der Waals surface area contributed by atoms with Gasteiger partial charge in [0.1, 0.15) is 5.82 Å². The zero-order chi connectivity index (χ0) is 36.9. The van der Waals surface area contributed by atoms with Gasteiger partial charge in [-0.2, -0.15) is 0 Å². The molecule has 262 valence electrons. The van der Waals surface area contributed by atoms with E-state index in [1.807, 2.05) is 81.7 Å².